The molecule has 0 atom stereocenters. The van der Waals surface area contributed by atoms with Gasteiger partial charge in [-0.25, -0.2) is 4.98 Å². The van der Waals surface area contributed by atoms with Gasteiger partial charge in [0.25, 0.3) is 0 Å². The summed E-state index contributed by atoms with van der Waals surface area (Å²) in [6.07, 6.45) is 6.41. The van der Waals surface area contributed by atoms with E-state index in [1.807, 2.05) is 6.07 Å². The molecule has 0 bridgehead atoms. The molecule has 0 amide bonds. The van der Waals surface area contributed by atoms with Gasteiger partial charge in [-0.1, -0.05) is 24.9 Å². The molecular weight excluding hydrogens is 277 g/mol. The zero-order chi connectivity index (χ0) is 14.4. The first-order valence-electron chi connectivity index (χ1n) is 7.39. The number of fused-ring (bicyclic) bond motifs is 1. The molecule has 0 radical (unpaired) electrons. The molecule has 0 aromatic carbocycles. The molecule has 5 heteroatoms. The van der Waals surface area contributed by atoms with Crippen molar-refractivity contribution in [3.63, 3.8) is 0 Å². The minimum atomic E-state index is 0. The molecule has 2 N–H and O–H groups in total. The quantitative estimate of drug-likeness (QED) is 0.499. The normalized spacial score (nSPS) is 15.2. The zero-order valence-electron chi connectivity index (χ0n) is 13.1. The standard InChI is InChI=1S/C12H14ClN3.C4H9.Li/c13-12-9-7-11(8-1-4-14-5-2-8)16-10(9)3-6-15-12;1-3-4-2;/h3,6-8,14,16H,1-2,4-5H2;1,3-4H2,2H3;/q;-1;+1. The Hall–Kier alpha value is -0.463. The minimum absolute atomic E-state index is 0. The van der Waals surface area contributed by atoms with Crippen LogP contribution in [0, 0.1) is 6.92 Å². The topological polar surface area (TPSA) is 40.7 Å². The molecule has 1 aliphatic rings. The van der Waals surface area contributed by atoms with Crippen molar-refractivity contribution in [2.24, 2.45) is 0 Å². The first-order chi connectivity index (χ1) is 9.76. The van der Waals surface area contributed by atoms with Crippen LogP contribution >= 0.6 is 11.6 Å². The fraction of sp³-hybridized carbons (Fsp3) is 0.500. The fourth-order valence-corrected chi connectivity index (χ4v) is 2.61. The summed E-state index contributed by atoms with van der Waals surface area (Å²) in [7, 11) is 0. The summed E-state index contributed by atoms with van der Waals surface area (Å²) in [5.41, 5.74) is 2.39. The van der Waals surface area contributed by atoms with Crippen LogP contribution < -0.4 is 24.2 Å². The van der Waals surface area contributed by atoms with Crippen LogP contribution in [0.2, 0.25) is 5.15 Å². The average Bonchev–Trinajstić information content (AvgIpc) is 2.94. The van der Waals surface area contributed by atoms with Crippen LogP contribution in [-0.2, 0) is 0 Å². The number of rotatable bonds is 2. The third-order valence-corrected chi connectivity index (χ3v) is 3.95. The maximum absolute atomic E-state index is 6.07. The predicted octanol–water partition coefficient (Wildman–Crippen LogP) is 1.31. The van der Waals surface area contributed by atoms with Crippen molar-refractivity contribution >= 4 is 22.5 Å². The Balaban J connectivity index is 0.000000397. The molecule has 3 rings (SSSR count). The largest absolute Gasteiger partial charge is 1.00 e. The summed E-state index contributed by atoms with van der Waals surface area (Å²) >= 11 is 6.07. The van der Waals surface area contributed by atoms with Crippen LogP contribution in [0.3, 0.4) is 0 Å². The molecule has 0 spiro atoms. The van der Waals surface area contributed by atoms with E-state index < -0.39 is 0 Å². The number of H-pyrrole nitrogens is 1. The van der Waals surface area contributed by atoms with Crippen molar-refractivity contribution in [2.75, 3.05) is 13.1 Å². The number of aromatic amines is 1. The Labute approximate surface area is 144 Å². The monoisotopic (exact) mass is 299 g/mol. The van der Waals surface area contributed by atoms with E-state index in [1.54, 1.807) is 6.20 Å². The number of nitrogens with zero attached hydrogens (tertiary/aromatic N) is 1. The van der Waals surface area contributed by atoms with E-state index in [2.05, 4.69) is 35.2 Å². The second kappa shape index (κ2) is 9.53. The number of halogens is 1. The summed E-state index contributed by atoms with van der Waals surface area (Å²) in [6, 6.07) is 4.13. The first kappa shape index (κ1) is 18.6. The van der Waals surface area contributed by atoms with Crippen molar-refractivity contribution in [2.45, 2.75) is 38.5 Å². The van der Waals surface area contributed by atoms with Gasteiger partial charge in [-0.3, -0.25) is 0 Å². The van der Waals surface area contributed by atoms with Gasteiger partial charge in [0.15, 0.2) is 0 Å². The minimum Gasteiger partial charge on any atom is -0.358 e. The van der Waals surface area contributed by atoms with Crippen LogP contribution in [0.1, 0.15) is 44.2 Å². The first-order valence-corrected chi connectivity index (χ1v) is 7.77. The zero-order valence-corrected chi connectivity index (χ0v) is 13.8. The smallest absolute Gasteiger partial charge is 0.358 e. The van der Waals surface area contributed by atoms with E-state index in [4.69, 9.17) is 11.6 Å². The summed E-state index contributed by atoms with van der Waals surface area (Å²) in [5.74, 6) is 0.629. The number of aromatic nitrogens is 2. The third-order valence-electron chi connectivity index (χ3n) is 3.65. The number of nitrogens with one attached hydrogen (secondary N) is 2. The molecule has 0 saturated carbocycles. The van der Waals surface area contributed by atoms with Crippen molar-refractivity contribution in [1.29, 1.82) is 0 Å². The van der Waals surface area contributed by atoms with Crippen LogP contribution in [0.25, 0.3) is 10.9 Å². The van der Waals surface area contributed by atoms with Gasteiger partial charge >= 0.3 is 18.9 Å². The Morgan fingerprint density at radius 1 is 1.38 bits per heavy atom. The molecule has 1 saturated heterocycles. The van der Waals surface area contributed by atoms with Crippen molar-refractivity contribution in [3.05, 3.63) is 36.1 Å². The van der Waals surface area contributed by atoms with Gasteiger partial charge in [0.05, 0.1) is 5.52 Å². The Morgan fingerprint density at radius 3 is 2.62 bits per heavy atom. The fourth-order valence-electron chi connectivity index (χ4n) is 2.39. The van der Waals surface area contributed by atoms with Crippen molar-refractivity contribution in [3.8, 4) is 0 Å². The average molecular weight is 300 g/mol. The molecule has 2 aromatic rings. The van der Waals surface area contributed by atoms with Gasteiger partial charge in [0.1, 0.15) is 5.15 Å². The molecule has 3 nitrogen and oxygen atoms in total. The molecule has 0 unspecified atom stereocenters. The molecular formula is C16H23ClLiN3. The summed E-state index contributed by atoms with van der Waals surface area (Å²) in [5, 5.41) is 5.01. The molecule has 1 fully saturated rings. The van der Waals surface area contributed by atoms with Crippen LogP contribution in [0.5, 0.6) is 0 Å². The maximum atomic E-state index is 6.07. The number of unbranched alkanes of at least 4 members (excludes halogenated alkanes) is 1. The summed E-state index contributed by atoms with van der Waals surface area (Å²) in [6.45, 7) is 7.93. The maximum Gasteiger partial charge on any atom is 1.00 e. The molecule has 3 heterocycles. The van der Waals surface area contributed by atoms with E-state index in [-0.39, 0.29) is 18.9 Å². The number of pyridine rings is 1. The second-order valence-electron chi connectivity index (χ2n) is 5.17. The van der Waals surface area contributed by atoms with E-state index in [0.29, 0.717) is 11.1 Å². The Morgan fingerprint density at radius 2 is 2.05 bits per heavy atom. The molecule has 2 aromatic heterocycles. The number of piperidine rings is 1. The van der Waals surface area contributed by atoms with Crippen molar-refractivity contribution in [1.82, 2.24) is 15.3 Å². The summed E-state index contributed by atoms with van der Waals surface area (Å²) in [4.78, 5) is 7.55. The Bertz CT molecular complexity index is 533. The van der Waals surface area contributed by atoms with E-state index in [9.17, 15) is 0 Å². The molecule has 21 heavy (non-hydrogen) atoms. The van der Waals surface area contributed by atoms with E-state index in [1.165, 1.54) is 25.0 Å². The third kappa shape index (κ3) is 5.04. The van der Waals surface area contributed by atoms with E-state index in [0.717, 1.165) is 30.4 Å². The van der Waals surface area contributed by atoms with Crippen LogP contribution in [-0.4, -0.2) is 23.1 Å². The van der Waals surface area contributed by atoms with Crippen LogP contribution in [0.15, 0.2) is 18.3 Å². The number of hydrogen-bond acceptors (Lipinski definition) is 2. The molecule has 110 valence electrons. The van der Waals surface area contributed by atoms with Crippen LogP contribution in [0.4, 0.5) is 0 Å². The van der Waals surface area contributed by atoms with Gasteiger partial charge in [-0.05, 0) is 38.1 Å². The second-order valence-corrected chi connectivity index (χ2v) is 5.52. The van der Waals surface area contributed by atoms with Gasteiger partial charge < -0.3 is 17.2 Å². The van der Waals surface area contributed by atoms with Crippen molar-refractivity contribution < 1.29 is 18.9 Å². The SMILES string of the molecule is Clc1nccc2[nH]c(C3CCNCC3)cc12.[CH2-]CCC.[Li+]. The summed E-state index contributed by atoms with van der Waals surface area (Å²) < 4.78 is 0. The van der Waals surface area contributed by atoms with Gasteiger partial charge in [0.2, 0.25) is 0 Å². The van der Waals surface area contributed by atoms with E-state index >= 15 is 0 Å². The van der Waals surface area contributed by atoms with Gasteiger partial charge in [-0.2, -0.15) is 6.42 Å². The number of hydrogen-bond donors (Lipinski definition) is 2. The predicted molar refractivity (Wildman–Crippen MR) is 86.2 cm³/mol. The molecule has 1 aliphatic heterocycles. The molecule has 0 aliphatic carbocycles. The Kier molecular flexibility index (Phi) is 8.44. The van der Waals surface area contributed by atoms with Gasteiger partial charge in [-0.15, -0.1) is 0 Å². The van der Waals surface area contributed by atoms with Gasteiger partial charge in [0, 0.05) is 23.2 Å².